The van der Waals surface area contributed by atoms with Gasteiger partial charge < -0.3 is 35.0 Å². The molecule has 0 bridgehead atoms. The molecule has 0 aliphatic carbocycles. The summed E-state index contributed by atoms with van der Waals surface area (Å²) in [6.07, 6.45) is -2.40. The number of carboxylic acids is 1. The molecule has 1 fully saturated rings. The first-order valence-corrected chi connectivity index (χ1v) is 13.4. The number of esters is 1. The van der Waals surface area contributed by atoms with Gasteiger partial charge in [0.05, 0.1) is 24.6 Å². The number of hydrogen-bond donors (Lipinski definition) is 4. The molecule has 14 heteroatoms. The van der Waals surface area contributed by atoms with Crippen LogP contribution in [-0.4, -0.2) is 82.9 Å². The Labute approximate surface area is 243 Å². The normalized spacial score (nSPS) is 18.4. The van der Waals surface area contributed by atoms with Crippen molar-refractivity contribution >= 4 is 37.2 Å². The highest BCUT2D eigenvalue weighted by Crippen LogP contribution is 2.28. The predicted octanol–water partition coefficient (Wildman–Crippen LogP) is 0.745. The lowest BCUT2D eigenvalue weighted by atomic mass is 9.81. The molecule has 0 radical (unpaired) electrons. The van der Waals surface area contributed by atoms with Crippen LogP contribution in [0.15, 0.2) is 48.5 Å². The van der Waals surface area contributed by atoms with E-state index >= 15 is 0 Å². The highest BCUT2D eigenvalue weighted by atomic mass is 16.7. The van der Waals surface area contributed by atoms with Crippen LogP contribution >= 0.6 is 0 Å². The van der Waals surface area contributed by atoms with Gasteiger partial charge in [0.1, 0.15) is 11.7 Å². The van der Waals surface area contributed by atoms with E-state index in [9.17, 15) is 29.1 Å². The number of carboxylic acid groups (broad SMARTS) is 1. The average Bonchev–Trinajstić information content (AvgIpc) is 3.28. The summed E-state index contributed by atoms with van der Waals surface area (Å²) in [7, 11) is -0.317. The fourth-order valence-electron chi connectivity index (χ4n) is 4.40. The molecule has 2 amide bonds. The third-order valence-electron chi connectivity index (χ3n) is 6.41. The highest BCUT2D eigenvalue weighted by Gasteiger charge is 2.50. The Bertz CT molecular complexity index is 1290. The number of nitrogens with one attached hydrogen (secondary N) is 2. The number of aliphatic hydroxyl groups excluding tert-OH is 1. The molecule has 13 nitrogen and oxygen atoms in total. The maximum absolute atomic E-state index is 13.2. The first-order chi connectivity index (χ1) is 19.9. The van der Waals surface area contributed by atoms with Crippen molar-refractivity contribution in [2.45, 2.75) is 63.7 Å². The zero-order chi connectivity index (χ0) is 30.9. The second kappa shape index (κ2) is 14.6. The van der Waals surface area contributed by atoms with Gasteiger partial charge >= 0.3 is 19.4 Å². The number of aliphatic carboxylic acids is 1. The van der Waals surface area contributed by atoms with Crippen molar-refractivity contribution in [3.05, 3.63) is 54.2 Å². The Morgan fingerprint density at radius 3 is 2.36 bits per heavy atom. The van der Waals surface area contributed by atoms with E-state index in [1.807, 2.05) is 44.2 Å². The largest absolute Gasteiger partial charge is 0.537 e. The number of nitrogens with zero attached hydrogens (tertiary/aromatic N) is 1. The summed E-state index contributed by atoms with van der Waals surface area (Å²) in [5, 5.41) is 24.7. The summed E-state index contributed by atoms with van der Waals surface area (Å²) < 4.78 is 15.1. The van der Waals surface area contributed by atoms with Gasteiger partial charge in [-0.1, -0.05) is 50.2 Å². The Balaban J connectivity index is 1.65. The van der Waals surface area contributed by atoms with Gasteiger partial charge in [-0.2, -0.15) is 0 Å². The van der Waals surface area contributed by atoms with E-state index in [1.165, 1.54) is 13.0 Å². The molecule has 1 aliphatic heterocycles. The molecule has 1 saturated heterocycles. The topological polar surface area (TPSA) is 190 Å². The van der Waals surface area contributed by atoms with Crippen molar-refractivity contribution in [2.75, 3.05) is 6.79 Å². The van der Waals surface area contributed by atoms with Gasteiger partial charge in [-0.15, -0.1) is 0 Å². The van der Waals surface area contributed by atoms with Crippen LogP contribution in [0.1, 0.15) is 50.5 Å². The minimum atomic E-state index is -1.99. The zero-order valence-corrected chi connectivity index (χ0v) is 23.6. The van der Waals surface area contributed by atoms with Crippen molar-refractivity contribution in [3.63, 3.8) is 0 Å². The standard InChI is InChI=1S/C28H34BN3O10/c1-16(2)12-21(29-42-23(36)14-28(13-22(34)35)27(39)40-15-41-28)31-26(38)24(17(3)33)32-25(37)20-11-7-10-19(30-20)18-8-5-4-6-9-18/h4-11,16-17,21,24,29,33H,12-15H2,1-3H3,(H,31,38)(H,32,37)(H,34,35)/t17-,21+,24+,28?/m1/s1. The number of benzene rings is 1. The number of carbonyl (C=O) groups is 5. The maximum atomic E-state index is 13.2. The Kier molecular flexibility index (Phi) is 11.2. The number of cyclic esters (lactones) is 1. The number of hydrogen-bond acceptors (Lipinski definition) is 10. The zero-order valence-electron chi connectivity index (χ0n) is 23.6. The number of rotatable bonds is 14. The fourth-order valence-corrected chi connectivity index (χ4v) is 4.40. The number of ether oxygens (including phenoxy) is 2. The summed E-state index contributed by atoms with van der Waals surface area (Å²) in [4.78, 5) is 66.4. The molecule has 224 valence electrons. The third-order valence-corrected chi connectivity index (χ3v) is 6.41. The van der Waals surface area contributed by atoms with Crippen molar-refractivity contribution < 1.29 is 48.3 Å². The summed E-state index contributed by atoms with van der Waals surface area (Å²) in [5.74, 6) is -5.34. The summed E-state index contributed by atoms with van der Waals surface area (Å²) in [6, 6.07) is 12.8. The van der Waals surface area contributed by atoms with Crippen molar-refractivity contribution in [2.24, 2.45) is 5.92 Å². The molecular weight excluding hydrogens is 549 g/mol. The maximum Gasteiger partial charge on any atom is 0.366 e. The van der Waals surface area contributed by atoms with Crippen molar-refractivity contribution in [1.29, 1.82) is 0 Å². The van der Waals surface area contributed by atoms with E-state index in [0.717, 1.165) is 5.56 Å². The molecule has 4 N–H and O–H groups in total. The number of pyridine rings is 1. The second-order valence-electron chi connectivity index (χ2n) is 10.4. The molecule has 3 rings (SSSR count). The molecule has 4 atom stereocenters. The fraction of sp³-hybridized carbons (Fsp3) is 0.429. The molecule has 0 saturated carbocycles. The lowest BCUT2D eigenvalue weighted by Crippen LogP contribution is -2.56. The molecule has 0 spiro atoms. The predicted molar refractivity (Wildman–Crippen MR) is 149 cm³/mol. The SMILES string of the molecule is CC(C)C[C@@H](BOC(=O)CC1(CC(=O)O)OCOC1=O)NC(=O)[C@@H](NC(=O)c1cccc(-c2ccccc2)n1)[C@@H](C)O. The molecule has 1 unspecified atom stereocenters. The summed E-state index contributed by atoms with van der Waals surface area (Å²) >= 11 is 0. The summed E-state index contributed by atoms with van der Waals surface area (Å²) in [6.45, 7) is 4.62. The second-order valence-corrected chi connectivity index (χ2v) is 10.4. The molecule has 2 aromatic rings. The van der Waals surface area contributed by atoms with E-state index in [1.54, 1.807) is 12.1 Å². The lowest BCUT2D eigenvalue weighted by Gasteiger charge is -2.26. The van der Waals surface area contributed by atoms with Gasteiger partial charge in [0.15, 0.2) is 12.4 Å². The quantitative estimate of drug-likeness (QED) is 0.181. The molecule has 1 aliphatic rings. The van der Waals surface area contributed by atoms with Gasteiger partial charge in [-0.25, -0.2) is 9.78 Å². The minimum Gasteiger partial charge on any atom is -0.537 e. The smallest absolute Gasteiger partial charge is 0.366 e. The molecular formula is C28H34BN3O10. The van der Waals surface area contributed by atoms with Crippen LogP contribution in [0.3, 0.4) is 0 Å². The minimum absolute atomic E-state index is 0.0463. The first kappa shape index (κ1) is 32.2. The van der Waals surface area contributed by atoms with Crippen molar-refractivity contribution in [3.8, 4) is 11.3 Å². The highest BCUT2D eigenvalue weighted by molar-refractivity contribution is 6.33. The van der Waals surface area contributed by atoms with Crippen molar-refractivity contribution in [1.82, 2.24) is 15.6 Å². The van der Waals surface area contributed by atoms with Crippen LogP contribution in [-0.2, 0) is 33.3 Å². The Morgan fingerprint density at radius 1 is 1.05 bits per heavy atom. The van der Waals surface area contributed by atoms with Gasteiger partial charge in [0, 0.05) is 11.5 Å². The number of carbonyl (C=O) groups excluding carboxylic acids is 4. The van der Waals surface area contributed by atoms with Gasteiger partial charge in [0.25, 0.3) is 11.9 Å². The van der Waals surface area contributed by atoms with Crippen LogP contribution in [0.5, 0.6) is 0 Å². The van der Waals surface area contributed by atoms with Crippen LogP contribution in [0.25, 0.3) is 11.3 Å². The van der Waals surface area contributed by atoms with Gasteiger partial charge in [0.2, 0.25) is 5.91 Å². The molecule has 2 heterocycles. The van der Waals surface area contributed by atoms with Crippen LogP contribution in [0.4, 0.5) is 0 Å². The molecule has 42 heavy (non-hydrogen) atoms. The van der Waals surface area contributed by atoms with Crippen LogP contribution < -0.4 is 10.6 Å². The Morgan fingerprint density at radius 2 is 1.76 bits per heavy atom. The lowest BCUT2D eigenvalue weighted by molar-refractivity contribution is -0.157. The van der Waals surface area contributed by atoms with Gasteiger partial charge in [-0.05, 0) is 31.4 Å². The average molecular weight is 583 g/mol. The Hall–Kier alpha value is -4.30. The van der Waals surface area contributed by atoms with E-state index in [2.05, 4.69) is 15.6 Å². The molecule has 1 aromatic heterocycles. The van der Waals surface area contributed by atoms with Crippen LogP contribution in [0, 0.1) is 5.92 Å². The van der Waals surface area contributed by atoms with E-state index in [-0.39, 0.29) is 19.1 Å². The van der Waals surface area contributed by atoms with E-state index < -0.39 is 73.0 Å². The first-order valence-electron chi connectivity index (χ1n) is 13.4. The molecule has 1 aromatic carbocycles. The number of amides is 2. The number of aromatic nitrogens is 1. The third kappa shape index (κ3) is 8.85. The summed E-state index contributed by atoms with van der Waals surface area (Å²) in [5.41, 5.74) is -0.590. The number of aliphatic hydroxyl groups is 1. The van der Waals surface area contributed by atoms with E-state index in [4.69, 9.17) is 19.2 Å². The monoisotopic (exact) mass is 583 g/mol. The van der Waals surface area contributed by atoms with Gasteiger partial charge in [-0.3, -0.25) is 19.2 Å². The van der Waals surface area contributed by atoms with E-state index in [0.29, 0.717) is 12.1 Å². The van der Waals surface area contributed by atoms with Crippen LogP contribution in [0.2, 0.25) is 0 Å².